The summed E-state index contributed by atoms with van der Waals surface area (Å²) in [5.41, 5.74) is 0. The van der Waals surface area contributed by atoms with E-state index in [1.54, 1.807) is 0 Å². The molecule has 0 saturated carbocycles. The number of ether oxygens (including phenoxy) is 14. The zero-order valence-electron chi connectivity index (χ0n) is 37.9. The first-order chi connectivity index (χ1) is 33.3. The van der Waals surface area contributed by atoms with Crippen LogP contribution in [0.25, 0.3) is 0 Å². The first kappa shape index (κ1) is 58.0. The SMILES string of the molecule is CO[C@@H]1OC(CO)[C@H](O[C@@H]2OC(CO[C@@H]3OC(CO)[C@H](O[C@@H]4OC(CO)[C@H](OC)[C@H](O)C4O)[C@H](O)C3O)[C@H](O[C@@H]3OC(CO)[C@H](O[C@@H]4OC(CO)[C@H](OC)[C@H](O)C4O)[C@H](O)C3O)[C@H](O)C2O)[C@H](O)C1O. The molecule has 70 heavy (non-hydrogen) atoms. The monoisotopic (exact) mass is 1030 g/mol. The number of rotatable bonds is 19. The number of hydrogen-bond donors (Lipinski definition) is 17. The van der Waals surface area contributed by atoms with Crippen molar-refractivity contribution < 1.29 is 153 Å². The van der Waals surface area contributed by atoms with Crippen LogP contribution >= 0.6 is 0 Å². The molecule has 31 nitrogen and oxygen atoms in total. The van der Waals surface area contributed by atoms with E-state index in [0.717, 1.165) is 7.11 Å². The van der Waals surface area contributed by atoms with Crippen LogP contribution in [0.3, 0.4) is 0 Å². The second kappa shape index (κ2) is 25.5. The number of aliphatic hydroxyl groups excluding tert-OH is 17. The highest BCUT2D eigenvalue weighted by Gasteiger charge is 2.57. The van der Waals surface area contributed by atoms with Crippen LogP contribution in [0, 0.1) is 0 Å². The number of aliphatic hydroxyl groups is 17. The Morgan fingerprint density at radius 1 is 0.271 bits per heavy atom. The highest BCUT2D eigenvalue weighted by molar-refractivity contribution is 4.99. The van der Waals surface area contributed by atoms with Gasteiger partial charge in [0.05, 0.1) is 39.6 Å². The van der Waals surface area contributed by atoms with Gasteiger partial charge in [-0.05, 0) is 0 Å². The summed E-state index contributed by atoms with van der Waals surface area (Å²) in [7, 11) is 3.52. The van der Waals surface area contributed by atoms with E-state index in [0.29, 0.717) is 0 Å². The fraction of sp³-hybridized carbons (Fsp3) is 1.00. The molecule has 12 unspecified atom stereocenters. The van der Waals surface area contributed by atoms with Gasteiger partial charge in [-0.3, -0.25) is 0 Å². The molecule has 6 saturated heterocycles. The Balaban J connectivity index is 1.21. The van der Waals surface area contributed by atoms with Gasteiger partial charge in [0.1, 0.15) is 146 Å². The lowest BCUT2D eigenvalue weighted by atomic mass is 9.95. The molecule has 6 heterocycles. The summed E-state index contributed by atoms with van der Waals surface area (Å²) < 4.78 is 77.9. The van der Waals surface area contributed by atoms with Crippen LogP contribution in [0.15, 0.2) is 0 Å². The first-order valence-corrected chi connectivity index (χ1v) is 22.3. The van der Waals surface area contributed by atoms with Crippen molar-refractivity contribution >= 4 is 0 Å². The smallest absolute Gasteiger partial charge is 0.187 e. The van der Waals surface area contributed by atoms with Gasteiger partial charge >= 0.3 is 0 Å². The topological polar surface area (TPSA) is 473 Å². The van der Waals surface area contributed by atoms with Gasteiger partial charge < -0.3 is 153 Å². The summed E-state index contributed by atoms with van der Waals surface area (Å²) >= 11 is 0. The second-order valence-electron chi connectivity index (χ2n) is 17.4. The maximum Gasteiger partial charge on any atom is 0.187 e. The molecule has 31 heteroatoms. The molecule has 0 aromatic rings. The Morgan fingerprint density at radius 3 is 0.800 bits per heavy atom. The van der Waals surface area contributed by atoms with Crippen LogP contribution < -0.4 is 0 Å². The minimum atomic E-state index is -2.19. The van der Waals surface area contributed by atoms with Crippen LogP contribution in [0.2, 0.25) is 0 Å². The van der Waals surface area contributed by atoms with Crippen LogP contribution in [0.1, 0.15) is 0 Å². The standard InChI is InChI=1S/C39H68O31/c1-57-28-10(4-40)63-36(24(53)16(28)45)67-31-13(7-43)62-35(23(52)19(31)48)60-9-15-33(21(50)27(56)39(66-15)69-30-12(6-42)61-34(59-3)22(51)18(30)47)70-38-26(55)20(49)32(14(8-44)65-38)68-37-25(54)17(46)29(58-2)11(5-41)64-37/h10-56H,4-9H2,1-3H3/t10?,11?,12?,13?,14?,15?,16-,17-,18-,19-,20-,21-,22?,23?,24?,25?,26?,27?,28+,29+,30+,31+,32+,33+,34-,35-,36+,37+,38+,39+/m1/s1. The maximum atomic E-state index is 11.6. The average molecular weight is 1030 g/mol. The normalized spacial score (nSPS) is 51.6. The summed E-state index contributed by atoms with van der Waals surface area (Å²) in [6.07, 6.45) is -52.9. The molecule has 17 N–H and O–H groups in total. The third-order valence-corrected chi connectivity index (χ3v) is 13.1. The molecule has 0 aliphatic carbocycles. The van der Waals surface area contributed by atoms with Crippen molar-refractivity contribution in [3.05, 3.63) is 0 Å². The Morgan fingerprint density at radius 2 is 0.500 bits per heavy atom. The van der Waals surface area contributed by atoms with Crippen LogP contribution in [-0.2, 0) is 66.3 Å². The molecule has 6 aliphatic heterocycles. The summed E-state index contributed by atoms with van der Waals surface area (Å²) in [6.45, 7) is -5.09. The lowest BCUT2D eigenvalue weighted by Gasteiger charge is -2.49. The molecule has 0 amide bonds. The molecule has 0 radical (unpaired) electrons. The molecule has 6 rings (SSSR count). The highest BCUT2D eigenvalue weighted by Crippen LogP contribution is 2.36. The molecule has 30 atom stereocenters. The second-order valence-corrected chi connectivity index (χ2v) is 17.4. The Hall–Kier alpha value is -1.24. The molecule has 410 valence electrons. The van der Waals surface area contributed by atoms with Gasteiger partial charge in [-0.25, -0.2) is 0 Å². The Bertz CT molecular complexity index is 1550. The Labute approximate surface area is 398 Å². The zero-order valence-corrected chi connectivity index (χ0v) is 37.9. The average Bonchev–Trinajstić information content (AvgIpc) is 3.36. The van der Waals surface area contributed by atoms with Crippen LogP contribution in [0.5, 0.6) is 0 Å². The van der Waals surface area contributed by atoms with Gasteiger partial charge in [-0.2, -0.15) is 0 Å². The quantitative estimate of drug-likeness (QED) is 0.0571. The minimum absolute atomic E-state index is 0.703. The van der Waals surface area contributed by atoms with Gasteiger partial charge in [0.2, 0.25) is 0 Å². The van der Waals surface area contributed by atoms with E-state index in [4.69, 9.17) is 66.3 Å². The van der Waals surface area contributed by atoms with Crippen molar-refractivity contribution in [1.82, 2.24) is 0 Å². The molecule has 6 fully saturated rings. The van der Waals surface area contributed by atoms with Crippen molar-refractivity contribution in [2.75, 3.05) is 61.0 Å². The maximum absolute atomic E-state index is 11.6. The summed E-state index contributed by atoms with van der Waals surface area (Å²) in [6, 6.07) is 0. The minimum Gasteiger partial charge on any atom is -0.394 e. The van der Waals surface area contributed by atoms with Crippen LogP contribution in [0.4, 0.5) is 0 Å². The van der Waals surface area contributed by atoms with E-state index in [1.807, 2.05) is 0 Å². The molecular formula is C39H68O31. The predicted octanol–water partition coefficient (Wildman–Crippen LogP) is -12.1. The van der Waals surface area contributed by atoms with Gasteiger partial charge in [0, 0.05) is 21.3 Å². The lowest BCUT2D eigenvalue weighted by molar-refractivity contribution is -0.393. The van der Waals surface area contributed by atoms with Crippen LogP contribution in [-0.4, -0.2) is 332 Å². The molecule has 6 aliphatic rings. The highest BCUT2D eigenvalue weighted by atomic mass is 16.8. The third-order valence-electron chi connectivity index (χ3n) is 13.1. The van der Waals surface area contributed by atoms with Crippen molar-refractivity contribution in [3.8, 4) is 0 Å². The number of hydrogen-bond acceptors (Lipinski definition) is 31. The summed E-state index contributed by atoms with van der Waals surface area (Å²) in [5.74, 6) is 0. The van der Waals surface area contributed by atoms with Gasteiger partial charge in [0.15, 0.2) is 37.7 Å². The summed E-state index contributed by atoms with van der Waals surface area (Å²) in [5, 5.41) is 183. The van der Waals surface area contributed by atoms with Gasteiger partial charge in [-0.1, -0.05) is 0 Å². The molecule has 0 aromatic carbocycles. The molecular weight excluding hydrogens is 964 g/mol. The predicted molar refractivity (Wildman–Crippen MR) is 214 cm³/mol. The van der Waals surface area contributed by atoms with Gasteiger partial charge in [0.25, 0.3) is 0 Å². The van der Waals surface area contributed by atoms with Gasteiger partial charge in [-0.15, -0.1) is 0 Å². The summed E-state index contributed by atoms with van der Waals surface area (Å²) in [4.78, 5) is 0. The van der Waals surface area contributed by atoms with E-state index in [9.17, 15) is 86.8 Å². The van der Waals surface area contributed by atoms with E-state index >= 15 is 0 Å². The van der Waals surface area contributed by atoms with E-state index < -0.39 is 224 Å². The fourth-order valence-corrected chi connectivity index (χ4v) is 9.15. The zero-order chi connectivity index (χ0) is 51.5. The van der Waals surface area contributed by atoms with E-state index in [1.165, 1.54) is 14.2 Å². The molecule has 0 aromatic heterocycles. The lowest BCUT2D eigenvalue weighted by Crippen LogP contribution is -2.68. The number of methoxy groups -OCH3 is 3. The molecule has 0 spiro atoms. The van der Waals surface area contributed by atoms with Crippen molar-refractivity contribution in [1.29, 1.82) is 0 Å². The van der Waals surface area contributed by atoms with Crippen molar-refractivity contribution in [2.45, 2.75) is 184 Å². The van der Waals surface area contributed by atoms with E-state index in [-0.39, 0.29) is 0 Å². The van der Waals surface area contributed by atoms with E-state index in [2.05, 4.69) is 0 Å². The first-order valence-electron chi connectivity index (χ1n) is 22.3. The fourth-order valence-electron chi connectivity index (χ4n) is 9.15. The largest absolute Gasteiger partial charge is 0.394 e. The van der Waals surface area contributed by atoms with Crippen molar-refractivity contribution in [2.24, 2.45) is 0 Å². The third kappa shape index (κ3) is 11.9. The molecule has 0 bridgehead atoms. The Kier molecular flexibility index (Phi) is 21.2. The van der Waals surface area contributed by atoms with Crippen molar-refractivity contribution in [3.63, 3.8) is 0 Å².